The largest absolute Gasteiger partial charge is 0.352 e. The molecule has 1 aliphatic heterocycles. The van der Waals surface area contributed by atoms with E-state index in [1.165, 1.54) is 12.8 Å². The van der Waals surface area contributed by atoms with Crippen LogP contribution in [0.2, 0.25) is 0 Å². The van der Waals surface area contributed by atoms with Gasteiger partial charge in [0.2, 0.25) is 5.91 Å². The molecule has 0 radical (unpaired) electrons. The summed E-state index contributed by atoms with van der Waals surface area (Å²) in [6.07, 6.45) is 2.34. The van der Waals surface area contributed by atoms with E-state index in [0.29, 0.717) is 18.6 Å². The first-order valence-corrected chi connectivity index (χ1v) is 5.50. The molecule has 4 heteroatoms. The number of rotatable bonds is 3. The van der Waals surface area contributed by atoms with Gasteiger partial charge in [-0.25, -0.2) is 0 Å². The Morgan fingerprint density at radius 3 is 3.00 bits per heavy atom. The Hall–Kier alpha value is -0.610. The van der Waals surface area contributed by atoms with Crippen molar-refractivity contribution in [2.75, 3.05) is 26.2 Å². The molecule has 2 aliphatic rings. The molecule has 0 unspecified atom stereocenters. The SMILES string of the molecule is C[C@H]1CNCCN1CC(=O)NC1CC1. The molecule has 2 rings (SSSR count). The van der Waals surface area contributed by atoms with Crippen molar-refractivity contribution < 1.29 is 4.79 Å². The van der Waals surface area contributed by atoms with E-state index in [4.69, 9.17) is 0 Å². The fourth-order valence-corrected chi connectivity index (χ4v) is 1.80. The molecule has 2 N–H and O–H groups in total. The Labute approximate surface area is 85.0 Å². The van der Waals surface area contributed by atoms with E-state index in [0.717, 1.165) is 19.6 Å². The van der Waals surface area contributed by atoms with Crippen LogP contribution in [0.4, 0.5) is 0 Å². The van der Waals surface area contributed by atoms with E-state index in [9.17, 15) is 4.79 Å². The molecule has 4 nitrogen and oxygen atoms in total. The summed E-state index contributed by atoms with van der Waals surface area (Å²) in [6, 6.07) is 0.967. The molecule has 0 spiro atoms. The molecule has 1 aliphatic carbocycles. The first-order chi connectivity index (χ1) is 6.75. The van der Waals surface area contributed by atoms with Gasteiger partial charge < -0.3 is 10.6 Å². The molecule has 1 saturated carbocycles. The molecule has 2 fully saturated rings. The van der Waals surface area contributed by atoms with Crippen molar-refractivity contribution in [1.82, 2.24) is 15.5 Å². The molecule has 0 bridgehead atoms. The van der Waals surface area contributed by atoms with Crippen LogP contribution in [0.1, 0.15) is 19.8 Å². The van der Waals surface area contributed by atoms with Crippen LogP contribution in [0.3, 0.4) is 0 Å². The summed E-state index contributed by atoms with van der Waals surface area (Å²) in [5.41, 5.74) is 0. The van der Waals surface area contributed by atoms with Crippen molar-refractivity contribution in [2.24, 2.45) is 0 Å². The third-order valence-corrected chi connectivity index (χ3v) is 2.93. The zero-order chi connectivity index (χ0) is 9.97. The third-order valence-electron chi connectivity index (χ3n) is 2.93. The van der Waals surface area contributed by atoms with E-state index in [1.807, 2.05) is 0 Å². The average Bonchev–Trinajstić information content (AvgIpc) is 2.93. The Morgan fingerprint density at radius 2 is 2.36 bits per heavy atom. The minimum Gasteiger partial charge on any atom is -0.352 e. The molecule has 80 valence electrons. The van der Waals surface area contributed by atoms with Crippen LogP contribution in [0, 0.1) is 0 Å². The Kier molecular flexibility index (Phi) is 3.03. The summed E-state index contributed by atoms with van der Waals surface area (Å²) in [6.45, 7) is 5.72. The van der Waals surface area contributed by atoms with Crippen molar-refractivity contribution in [1.29, 1.82) is 0 Å². The lowest BCUT2D eigenvalue weighted by Crippen LogP contribution is -2.52. The normalized spacial score (nSPS) is 28.8. The molecule has 1 amide bonds. The van der Waals surface area contributed by atoms with Gasteiger partial charge in [0, 0.05) is 31.7 Å². The van der Waals surface area contributed by atoms with Gasteiger partial charge in [-0.1, -0.05) is 0 Å². The zero-order valence-electron chi connectivity index (χ0n) is 8.75. The van der Waals surface area contributed by atoms with Crippen molar-refractivity contribution in [3.63, 3.8) is 0 Å². The van der Waals surface area contributed by atoms with Crippen molar-refractivity contribution in [2.45, 2.75) is 31.8 Å². The first-order valence-electron chi connectivity index (χ1n) is 5.50. The Balaban J connectivity index is 1.73. The molecule has 14 heavy (non-hydrogen) atoms. The Bertz CT molecular complexity index is 215. The van der Waals surface area contributed by atoms with Gasteiger partial charge in [-0.15, -0.1) is 0 Å². The number of nitrogens with one attached hydrogen (secondary N) is 2. The number of piperazine rings is 1. The van der Waals surface area contributed by atoms with E-state index < -0.39 is 0 Å². The second-order valence-electron chi connectivity index (χ2n) is 4.37. The van der Waals surface area contributed by atoms with Gasteiger partial charge in [-0.3, -0.25) is 9.69 Å². The lowest BCUT2D eigenvalue weighted by atomic mass is 10.2. The van der Waals surface area contributed by atoms with Gasteiger partial charge in [0.05, 0.1) is 6.54 Å². The zero-order valence-corrected chi connectivity index (χ0v) is 8.75. The lowest BCUT2D eigenvalue weighted by Gasteiger charge is -2.33. The second kappa shape index (κ2) is 4.28. The predicted molar refractivity (Wildman–Crippen MR) is 55.1 cm³/mol. The highest BCUT2D eigenvalue weighted by atomic mass is 16.2. The maximum absolute atomic E-state index is 11.5. The van der Waals surface area contributed by atoms with E-state index >= 15 is 0 Å². The summed E-state index contributed by atoms with van der Waals surface area (Å²) in [4.78, 5) is 13.8. The standard InChI is InChI=1S/C10H19N3O/c1-8-6-11-4-5-13(8)7-10(14)12-9-2-3-9/h8-9,11H,2-7H2,1H3,(H,12,14)/t8-/m0/s1. The van der Waals surface area contributed by atoms with Crippen molar-refractivity contribution in [3.8, 4) is 0 Å². The van der Waals surface area contributed by atoms with E-state index in [2.05, 4.69) is 22.5 Å². The van der Waals surface area contributed by atoms with Crippen molar-refractivity contribution >= 4 is 5.91 Å². The summed E-state index contributed by atoms with van der Waals surface area (Å²) >= 11 is 0. The maximum atomic E-state index is 11.5. The number of hydrogen-bond acceptors (Lipinski definition) is 3. The van der Waals surface area contributed by atoms with Crippen molar-refractivity contribution in [3.05, 3.63) is 0 Å². The topological polar surface area (TPSA) is 44.4 Å². The molecule has 0 aromatic heterocycles. The molecular weight excluding hydrogens is 178 g/mol. The quantitative estimate of drug-likeness (QED) is 0.644. The summed E-state index contributed by atoms with van der Waals surface area (Å²) < 4.78 is 0. The molecular formula is C10H19N3O. The fraction of sp³-hybridized carbons (Fsp3) is 0.900. The molecule has 1 heterocycles. The van der Waals surface area contributed by atoms with Gasteiger partial charge in [0.25, 0.3) is 0 Å². The average molecular weight is 197 g/mol. The number of hydrogen-bond donors (Lipinski definition) is 2. The van der Waals surface area contributed by atoms with Gasteiger partial charge >= 0.3 is 0 Å². The highest BCUT2D eigenvalue weighted by Gasteiger charge is 2.25. The number of nitrogens with zero attached hydrogens (tertiary/aromatic N) is 1. The van der Waals surface area contributed by atoms with E-state index in [-0.39, 0.29) is 5.91 Å². The third kappa shape index (κ3) is 2.69. The van der Waals surface area contributed by atoms with Crippen LogP contribution in [0.15, 0.2) is 0 Å². The Morgan fingerprint density at radius 1 is 1.57 bits per heavy atom. The van der Waals surface area contributed by atoms with Crippen LogP contribution in [-0.2, 0) is 4.79 Å². The molecule has 0 aromatic carbocycles. The van der Waals surface area contributed by atoms with Crippen LogP contribution in [0.5, 0.6) is 0 Å². The fourth-order valence-electron chi connectivity index (χ4n) is 1.80. The minimum absolute atomic E-state index is 0.196. The van der Waals surface area contributed by atoms with Crippen LogP contribution in [-0.4, -0.2) is 49.1 Å². The van der Waals surface area contributed by atoms with Gasteiger partial charge in [0.15, 0.2) is 0 Å². The summed E-state index contributed by atoms with van der Waals surface area (Å²) in [5, 5.41) is 6.34. The van der Waals surface area contributed by atoms with Crippen LogP contribution >= 0.6 is 0 Å². The summed E-state index contributed by atoms with van der Waals surface area (Å²) in [5.74, 6) is 0.196. The molecule has 0 aromatic rings. The highest BCUT2D eigenvalue weighted by molar-refractivity contribution is 5.78. The van der Waals surface area contributed by atoms with Crippen LogP contribution < -0.4 is 10.6 Å². The smallest absolute Gasteiger partial charge is 0.234 e. The first kappa shape index (κ1) is 9.93. The number of carbonyl (C=O) groups excluding carboxylic acids is 1. The lowest BCUT2D eigenvalue weighted by molar-refractivity contribution is -0.123. The number of amides is 1. The maximum Gasteiger partial charge on any atom is 0.234 e. The van der Waals surface area contributed by atoms with Crippen LogP contribution in [0.25, 0.3) is 0 Å². The minimum atomic E-state index is 0.196. The van der Waals surface area contributed by atoms with Gasteiger partial charge in [-0.05, 0) is 19.8 Å². The monoisotopic (exact) mass is 197 g/mol. The molecule has 1 atom stereocenters. The second-order valence-corrected chi connectivity index (χ2v) is 4.37. The number of carbonyl (C=O) groups is 1. The molecule has 1 saturated heterocycles. The van der Waals surface area contributed by atoms with E-state index in [1.54, 1.807) is 0 Å². The summed E-state index contributed by atoms with van der Waals surface area (Å²) in [7, 11) is 0. The van der Waals surface area contributed by atoms with Gasteiger partial charge in [-0.2, -0.15) is 0 Å². The predicted octanol–water partition coefficient (Wildman–Crippen LogP) is -0.441. The highest BCUT2D eigenvalue weighted by Crippen LogP contribution is 2.18. The van der Waals surface area contributed by atoms with Gasteiger partial charge in [0.1, 0.15) is 0 Å².